The van der Waals surface area contributed by atoms with Crippen molar-refractivity contribution in [1.82, 2.24) is 10.1 Å². The van der Waals surface area contributed by atoms with Gasteiger partial charge in [-0.05, 0) is 37.8 Å². The third-order valence-corrected chi connectivity index (χ3v) is 5.19. The summed E-state index contributed by atoms with van der Waals surface area (Å²) in [4.78, 5) is 17.0. The van der Waals surface area contributed by atoms with Crippen LogP contribution in [0.25, 0.3) is 0 Å². The second-order valence-corrected chi connectivity index (χ2v) is 6.85. The zero-order valence-corrected chi connectivity index (χ0v) is 14.4. The summed E-state index contributed by atoms with van der Waals surface area (Å²) >= 11 is 0. The van der Waals surface area contributed by atoms with Crippen LogP contribution in [-0.2, 0) is 0 Å². The number of likely N-dealkylation sites (tertiary alicyclic amines) is 1. The Bertz CT molecular complexity index is 710. The van der Waals surface area contributed by atoms with Crippen LogP contribution in [0.4, 0.5) is 16.2 Å². The van der Waals surface area contributed by atoms with Crippen molar-refractivity contribution >= 4 is 17.4 Å². The van der Waals surface area contributed by atoms with E-state index in [1.165, 1.54) is 19.3 Å². The van der Waals surface area contributed by atoms with Gasteiger partial charge in [-0.1, -0.05) is 17.3 Å². The maximum atomic E-state index is 12.7. The molecule has 6 heteroatoms. The predicted octanol–water partition coefficient (Wildman–Crippen LogP) is 3.69. The Morgan fingerprint density at radius 3 is 2.76 bits per heavy atom. The maximum Gasteiger partial charge on any atom is 0.321 e. The van der Waals surface area contributed by atoms with Crippen LogP contribution in [0.3, 0.4) is 0 Å². The number of rotatable bonds is 3. The largest absolute Gasteiger partial charge is 0.370 e. The molecule has 1 atom stereocenters. The molecule has 1 aromatic heterocycles. The monoisotopic (exact) mass is 340 g/mol. The number of anilines is 2. The summed E-state index contributed by atoms with van der Waals surface area (Å²) in [5, 5.41) is 7.13. The average Bonchev–Trinajstić information content (AvgIpc) is 3.34. The first-order valence-corrected chi connectivity index (χ1v) is 9.11. The Labute approximate surface area is 147 Å². The van der Waals surface area contributed by atoms with Gasteiger partial charge in [-0.2, -0.15) is 0 Å². The number of piperidine rings is 1. The third-order valence-electron chi connectivity index (χ3n) is 5.19. The van der Waals surface area contributed by atoms with E-state index in [0.29, 0.717) is 6.54 Å². The lowest BCUT2D eigenvalue weighted by molar-refractivity contribution is 0.222. The molecule has 1 aromatic carbocycles. The van der Waals surface area contributed by atoms with Gasteiger partial charge in [-0.15, -0.1) is 0 Å². The molecule has 132 valence electrons. The van der Waals surface area contributed by atoms with Gasteiger partial charge in [0.25, 0.3) is 0 Å². The van der Waals surface area contributed by atoms with E-state index in [4.69, 9.17) is 4.52 Å². The summed E-state index contributed by atoms with van der Waals surface area (Å²) in [6.45, 7) is 3.55. The van der Waals surface area contributed by atoms with Gasteiger partial charge in [0, 0.05) is 38.2 Å². The molecule has 2 aromatic rings. The van der Waals surface area contributed by atoms with E-state index in [1.807, 2.05) is 29.2 Å². The van der Waals surface area contributed by atoms with Crippen LogP contribution < -0.4 is 10.2 Å². The van der Waals surface area contributed by atoms with Crippen molar-refractivity contribution in [3.63, 3.8) is 0 Å². The van der Waals surface area contributed by atoms with Crippen molar-refractivity contribution in [1.29, 1.82) is 0 Å². The molecule has 6 nitrogen and oxygen atoms in total. The molecule has 2 fully saturated rings. The van der Waals surface area contributed by atoms with Gasteiger partial charge in [0.15, 0.2) is 0 Å². The van der Waals surface area contributed by atoms with Crippen molar-refractivity contribution < 1.29 is 9.32 Å². The van der Waals surface area contributed by atoms with Gasteiger partial charge in [0.2, 0.25) is 0 Å². The Kier molecular flexibility index (Phi) is 4.59. The highest BCUT2D eigenvalue weighted by molar-refractivity contribution is 5.93. The quantitative estimate of drug-likeness (QED) is 0.926. The van der Waals surface area contributed by atoms with Gasteiger partial charge in [0.1, 0.15) is 6.26 Å². The number of urea groups is 1. The van der Waals surface area contributed by atoms with E-state index >= 15 is 0 Å². The van der Waals surface area contributed by atoms with Crippen LogP contribution in [-0.4, -0.2) is 42.3 Å². The lowest BCUT2D eigenvalue weighted by Crippen LogP contribution is -2.34. The zero-order chi connectivity index (χ0) is 17.1. The minimum absolute atomic E-state index is 0.0320. The highest BCUT2D eigenvalue weighted by Gasteiger charge is 2.29. The number of para-hydroxylation sites is 2. The maximum absolute atomic E-state index is 12.7. The predicted molar refractivity (Wildman–Crippen MR) is 97.0 cm³/mol. The van der Waals surface area contributed by atoms with E-state index in [2.05, 4.69) is 21.4 Å². The van der Waals surface area contributed by atoms with E-state index in [9.17, 15) is 4.79 Å². The van der Waals surface area contributed by atoms with Gasteiger partial charge in [0.05, 0.1) is 17.1 Å². The summed E-state index contributed by atoms with van der Waals surface area (Å²) in [5.74, 6) is 0.266. The first-order valence-electron chi connectivity index (χ1n) is 9.11. The summed E-state index contributed by atoms with van der Waals surface area (Å²) < 4.78 is 4.93. The fourth-order valence-corrected chi connectivity index (χ4v) is 3.80. The number of benzene rings is 1. The molecule has 0 spiro atoms. The number of carbonyl (C=O) groups is 1. The minimum Gasteiger partial charge on any atom is -0.370 e. The summed E-state index contributed by atoms with van der Waals surface area (Å²) in [5.41, 5.74) is 2.96. The molecule has 0 saturated carbocycles. The number of aromatic nitrogens is 1. The Morgan fingerprint density at radius 1 is 1.12 bits per heavy atom. The number of hydrogen-bond acceptors (Lipinski definition) is 4. The van der Waals surface area contributed by atoms with E-state index in [0.717, 1.165) is 43.1 Å². The van der Waals surface area contributed by atoms with Crippen molar-refractivity contribution in [3.05, 3.63) is 42.3 Å². The fraction of sp³-hybridized carbons (Fsp3) is 0.474. The molecule has 3 heterocycles. The van der Waals surface area contributed by atoms with Crippen LogP contribution in [0, 0.1) is 0 Å². The standard InChI is InChI=1S/C19H24N4O2/c24-19(23-12-8-15(14-23)16-9-13-25-21-16)20-17-6-2-3-7-18(17)22-10-4-1-5-11-22/h2-3,6-7,9,13,15H,1,4-5,8,10-12,14H2,(H,20,24). The average molecular weight is 340 g/mol. The fourth-order valence-electron chi connectivity index (χ4n) is 3.80. The lowest BCUT2D eigenvalue weighted by Gasteiger charge is -2.31. The van der Waals surface area contributed by atoms with Crippen molar-refractivity contribution in [2.45, 2.75) is 31.6 Å². The topological polar surface area (TPSA) is 61.6 Å². The van der Waals surface area contributed by atoms with Crippen molar-refractivity contribution in [2.24, 2.45) is 0 Å². The normalized spacial score (nSPS) is 20.7. The lowest BCUT2D eigenvalue weighted by atomic mass is 10.1. The smallest absolute Gasteiger partial charge is 0.321 e. The third kappa shape index (κ3) is 3.48. The van der Waals surface area contributed by atoms with E-state index in [-0.39, 0.29) is 11.9 Å². The highest BCUT2D eigenvalue weighted by Crippen LogP contribution is 2.30. The van der Waals surface area contributed by atoms with Gasteiger partial charge in [-0.25, -0.2) is 4.79 Å². The van der Waals surface area contributed by atoms with Gasteiger partial charge < -0.3 is 19.6 Å². The summed E-state index contributed by atoms with van der Waals surface area (Å²) in [6, 6.07) is 9.96. The first kappa shape index (κ1) is 16.0. The second kappa shape index (κ2) is 7.17. The second-order valence-electron chi connectivity index (χ2n) is 6.85. The molecule has 2 aliphatic heterocycles. The first-order chi connectivity index (χ1) is 12.3. The highest BCUT2D eigenvalue weighted by atomic mass is 16.5. The summed E-state index contributed by atoms with van der Waals surface area (Å²) in [7, 11) is 0. The van der Waals surface area contributed by atoms with E-state index < -0.39 is 0 Å². The number of amides is 2. The number of nitrogens with one attached hydrogen (secondary N) is 1. The zero-order valence-electron chi connectivity index (χ0n) is 14.4. The van der Waals surface area contributed by atoms with Crippen molar-refractivity contribution in [3.8, 4) is 0 Å². The Morgan fingerprint density at radius 2 is 1.96 bits per heavy atom. The molecule has 2 aliphatic rings. The minimum atomic E-state index is -0.0320. The molecular weight excluding hydrogens is 316 g/mol. The van der Waals surface area contributed by atoms with Crippen LogP contribution in [0.2, 0.25) is 0 Å². The molecule has 0 bridgehead atoms. The molecule has 0 radical (unpaired) electrons. The van der Waals surface area contributed by atoms with Crippen LogP contribution in [0.5, 0.6) is 0 Å². The van der Waals surface area contributed by atoms with Crippen LogP contribution in [0.1, 0.15) is 37.3 Å². The Balaban J connectivity index is 1.43. The van der Waals surface area contributed by atoms with Crippen LogP contribution >= 0.6 is 0 Å². The molecule has 25 heavy (non-hydrogen) atoms. The number of nitrogens with zero attached hydrogens (tertiary/aromatic N) is 3. The molecular formula is C19H24N4O2. The summed E-state index contributed by atoms with van der Waals surface area (Å²) in [6.07, 6.45) is 6.24. The molecule has 4 rings (SSSR count). The molecule has 1 N–H and O–H groups in total. The van der Waals surface area contributed by atoms with Crippen molar-refractivity contribution in [2.75, 3.05) is 36.4 Å². The molecule has 0 aliphatic carbocycles. The molecule has 2 saturated heterocycles. The van der Waals surface area contributed by atoms with E-state index in [1.54, 1.807) is 6.26 Å². The van der Waals surface area contributed by atoms with Crippen LogP contribution in [0.15, 0.2) is 41.1 Å². The number of carbonyl (C=O) groups excluding carboxylic acids is 1. The molecule has 1 unspecified atom stereocenters. The SMILES string of the molecule is O=C(Nc1ccccc1N1CCCCC1)N1CCC(c2ccon2)C1. The Hall–Kier alpha value is -2.50. The number of hydrogen-bond donors (Lipinski definition) is 1. The van der Waals surface area contributed by atoms with Gasteiger partial charge >= 0.3 is 6.03 Å². The van der Waals surface area contributed by atoms with Gasteiger partial charge in [-0.3, -0.25) is 0 Å². The molecule has 2 amide bonds.